The molecule has 30 heavy (non-hydrogen) atoms. The SMILES string of the molecule is O=C(Nc1ccc(C2CCNCC2)cc1)c1nc(C2=CCCC=C2)oc1C(F)(F)F. The summed E-state index contributed by atoms with van der Waals surface area (Å²) in [5.41, 5.74) is 1.24. The normalized spacial score (nSPS) is 17.6. The van der Waals surface area contributed by atoms with Gasteiger partial charge in [0.2, 0.25) is 11.7 Å². The summed E-state index contributed by atoms with van der Waals surface area (Å²) < 4.78 is 45.2. The van der Waals surface area contributed by atoms with Gasteiger partial charge in [-0.2, -0.15) is 13.2 Å². The van der Waals surface area contributed by atoms with Crippen LogP contribution >= 0.6 is 0 Å². The third-order valence-corrected chi connectivity index (χ3v) is 5.32. The highest BCUT2D eigenvalue weighted by molar-refractivity contribution is 6.04. The molecule has 1 fully saturated rings. The molecule has 2 N–H and O–H groups in total. The van der Waals surface area contributed by atoms with Gasteiger partial charge >= 0.3 is 6.18 Å². The summed E-state index contributed by atoms with van der Waals surface area (Å²) in [6, 6.07) is 7.22. The second-order valence-electron chi connectivity index (χ2n) is 7.43. The minimum Gasteiger partial charge on any atom is -0.431 e. The molecule has 2 heterocycles. The van der Waals surface area contributed by atoms with Gasteiger partial charge in [0, 0.05) is 11.3 Å². The van der Waals surface area contributed by atoms with Crippen molar-refractivity contribution in [1.82, 2.24) is 10.3 Å². The van der Waals surface area contributed by atoms with Gasteiger partial charge in [-0.3, -0.25) is 4.79 Å². The lowest BCUT2D eigenvalue weighted by Crippen LogP contribution is -2.26. The number of carbonyl (C=O) groups excluding carboxylic acids is 1. The lowest BCUT2D eigenvalue weighted by Gasteiger charge is -2.23. The molecular formula is C22H22F3N3O2. The fourth-order valence-electron chi connectivity index (χ4n) is 3.75. The van der Waals surface area contributed by atoms with Crippen LogP contribution < -0.4 is 10.6 Å². The van der Waals surface area contributed by atoms with E-state index in [4.69, 9.17) is 4.42 Å². The molecule has 0 atom stereocenters. The quantitative estimate of drug-likeness (QED) is 0.722. The van der Waals surface area contributed by atoms with Gasteiger partial charge < -0.3 is 15.1 Å². The number of aromatic nitrogens is 1. The van der Waals surface area contributed by atoms with Crippen LogP contribution in [-0.4, -0.2) is 24.0 Å². The first-order valence-electron chi connectivity index (χ1n) is 9.99. The highest BCUT2D eigenvalue weighted by Gasteiger charge is 2.42. The third-order valence-electron chi connectivity index (χ3n) is 5.32. The molecule has 1 aliphatic heterocycles. The van der Waals surface area contributed by atoms with Gasteiger partial charge in [-0.15, -0.1) is 0 Å². The predicted octanol–water partition coefficient (Wildman–Crippen LogP) is 5.15. The van der Waals surface area contributed by atoms with E-state index in [0.29, 0.717) is 23.6 Å². The molecule has 1 aliphatic carbocycles. The van der Waals surface area contributed by atoms with Crippen LogP contribution in [0.25, 0.3) is 5.57 Å². The van der Waals surface area contributed by atoms with Gasteiger partial charge in [0.25, 0.3) is 5.91 Å². The number of halogens is 3. The number of hydrogen-bond donors (Lipinski definition) is 2. The number of oxazole rings is 1. The Morgan fingerprint density at radius 2 is 1.87 bits per heavy atom. The topological polar surface area (TPSA) is 67.2 Å². The molecule has 0 radical (unpaired) electrons. The maximum absolute atomic E-state index is 13.4. The molecule has 5 nitrogen and oxygen atoms in total. The van der Waals surface area contributed by atoms with E-state index in [1.165, 1.54) is 0 Å². The van der Waals surface area contributed by atoms with Gasteiger partial charge in [0.1, 0.15) is 0 Å². The monoisotopic (exact) mass is 417 g/mol. The Hall–Kier alpha value is -2.87. The van der Waals surface area contributed by atoms with Crippen LogP contribution in [0.15, 0.2) is 46.9 Å². The van der Waals surface area contributed by atoms with E-state index in [2.05, 4.69) is 15.6 Å². The highest BCUT2D eigenvalue weighted by atomic mass is 19.4. The van der Waals surface area contributed by atoms with Crippen molar-refractivity contribution in [3.63, 3.8) is 0 Å². The molecule has 2 aliphatic rings. The Kier molecular flexibility index (Phi) is 5.76. The maximum Gasteiger partial charge on any atom is 0.452 e. The fraction of sp³-hybridized carbons (Fsp3) is 0.364. The second-order valence-corrected chi connectivity index (χ2v) is 7.43. The number of anilines is 1. The first-order chi connectivity index (χ1) is 14.4. The summed E-state index contributed by atoms with van der Waals surface area (Å²) in [6.45, 7) is 1.92. The fourth-order valence-corrected chi connectivity index (χ4v) is 3.75. The first kappa shape index (κ1) is 20.4. The average molecular weight is 417 g/mol. The number of amides is 1. The molecule has 0 spiro atoms. The minimum atomic E-state index is -4.82. The number of allylic oxidation sites excluding steroid dienone is 4. The summed E-state index contributed by atoms with van der Waals surface area (Å²) >= 11 is 0. The summed E-state index contributed by atoms with van der Waals surface area (Å²) in [6.07, 6.45) is 3.95. The van der Waals surface area contributed by atoms with E-state index in [0.717, 1.165) is 37.9 Å². The Balaban J connectivity index is 1.54. The molecule has 1 amide bonds. The number of nitrogens with one attached hydrogen (secondary N) is 2. The van der Waals surface area contributed by atoms with E-state index in [9.17, 15) is 18.0 Å². The van der Waals surface area contributed by atoms with Crippen molar-refractivity contribution in [2.45, 2.75) is 37.8 Å². The van der Waals surface area contributed by atoms with E-state index in [1.807, 2.05) is 18.2 Å². The lowest BCUT2D eigenvalue weighted by molar-refractivity contribution is -0.153. The van der Waals surface area contributed by atoms with Crippen LogP contribution in [-0.2, 0) is 6.18 Å². The average Bonchev–Trinajstić information content (AvgIpc) is 3.22. The van der Waals surface area contributed by atoms with Gasteiger partial charge in [-0.25, -0.2) is 4.98 Å². The molecule has 0 bridgehead atoms. The van der Waals surface area contributed by atoms with E-state index < -0.39 is 23.5 Å². The van der Waals surface area contributed by atoms with Crippen molar-refractivity contribution in [3.05, 3.63) is 65.4 Å². The largest absolute Gasteiger partial charge is 0.452 e. The molecule has 0 unspecified atom stereocenters. The van der Waals surface area contributed by atoms with Crippen molar-refractivity contribution in [2.24, 2.45) is 0 Å². The van der Waals surface area contributed by atoms with Gasteiger partial charge in [0.05, 0.1) is 0 Å². The van der Waals surface area contributed by atoms with Crippen LogP contribution in [0.5, 0.6) is 0 Å². The lowest BCUT2D eigenvalue weighted by atomic mass is 9.90. The minimum absolute atomic E-state index is 0.204. The Bertz CT molecular complexity index is 969. The van der Waals surface area contributed by atoms with E-state index >= 15 is 0 Å². The summed E-state index contributed by atoms with van der Waals surface area (Å²) in [5.74, 6) is -2.10. The van der Waals surface area contributed by atoms with Crippen LogP contribution in [0.2, 0.25) is 0 Å². The van der Waals surface area contributed by atoms with Gasteiger partial charge in [-0.1, -0.05) is 30.4 Å². The van der Waals surface area contributed by atoms with Crippen LogP contribution in [0.4, 0.5) is 18.9 Å². The number of nitrogens with zero attached hydrogens (tertiary/aromatic N) is 1. The number of benzene rings is 1. The standard InChI is InChI=1S/C22H22F3N3O2/c23-22(24,25)19-18(28-21(30-19)16-4-2-1-3-5-16)20(29)27-17-8-6-14(7-9-17)15-10-12-26-13-11-15/h2,4-9,15,26H,1,3,10-13H2,(H,27,29). The Morgan fingerprint density at radius 3 is 2.50 bits per heavy atom. The summed E-state index contributed by atoms with van der Waals surface area (Å²) in [4.78, 5) is 16.4. The van der Waals surface area contributed by atoms with Crippen LogP contribution in [0.3, 0.4) is 0 Å². The smallest absolute Gasteiger partial charge is 0.431 e. The first-order valence-corrected chi connectivity index (χ1v) is 9.99. The molecule has 8 heteroatoms. The van der Waals surface area contributed by atoms with E-state index in [-0.39, 0.29) is 5.89 Å². The summed E-state index contributed by atoms with van der Waals surface area (Å²) in [7, 11) is 0. The van der Waals surface area contributed by atoms with Crippen molar-refractivity contribution in [1.29, 1.82) is 0 Å². The van der Waals surface area contributed by atoms with E-state index in [1.54, 1.807) is 24.3 Å². The number of piperidine rings is 1. The number of carbonyl (C=O) groups is 1. The van der Waals surface area contributed by atoms with Gasteiger partial charge in [-0.05, 0) is 62.4 Å². The third kappa shape index (κ3) is 4.48. The molecule has 2 aromatic rings. The van der Waals surface area contributed by atoms with Crippen molar-refractivity contribution >= 4 is 17.2 Å². The van der Waals surface area contributed by atoms with Crippen molar-refractivity contribution in [3.8, 4) is 0 Å². The van der Waals surface area contributed by atoms with Crippen LogP contribution in [0.1, 0.15) is 59.3 Å². The van der Waals surface area contributed by atoms with Crippen molar-refractivity contribution in [2.75, 3.05) is 18.4 Å². The predicted molar refractivity (Wildman–Crippen MR) is 107 cm³/mol. The van der Waals surface area contributed by atoms with Crippen molar-refractivity contribution < 1.29 is 22.4 Å². The second kappa shape index (κ2) is 8.47. The number of hydrogen-bond acceptors (Lipinski definition) is 4. The molecule has 1 saturated heterocycles. The van der Waals surface area contributed by atoms with Gasteiger partial charge in [0.15, 0.2) is 5.69 Å². The highest BCUT2D eigenvalue weighted by Crippen LogP contribution is 2.35. The Labute approximate surface area is 172 Å². The maximum atomic E-state index is 13.4. The molecule has 4 rings (SSSR count). The molecule has 1 aromatic carbocycles. The number of alkyl halides is 3. The van der Waals surface area contributed by atoms with Crippen LogP contribution in [0, 0.1) is 0 Å². The molecular weight excluding hydrogens is 395 g/mol. The summed E-state index contributed by atoms with van der Waals surface area (Å²) in [5, 5.41) is 5.82. The zero-order valence-electron chi connectivity index (χ0n) is 16.3. The zero-order valence-corrected chi connectivity index (χ0v) is 16.3. The molecule has 0 saturated carbocycles. The molecule has 158 valence electrons. The molecule has 1 aromatic heterocycles. The number of rotatable bonds is 4. The zero-order chi connectivity index (χ0) is 21.1. The Morgan fingerprint density at radius 1 is 1.13 bits per heavy atom.